The highest BCUT2D eigenvalue weighted by molar-refractivity contribution is 5.86. The monoisotopic (exact) mass is 248 g/mol. The molecule has 0 saturated heterocycles. The van der Waals surface area contributed by atoms with Crippen LogP contribution in [0.1, 0.15) is 16.1 Å². The van der Waals surface area contributed by atoms with Gasteiger partial charge in [-0.05, 0) is 12.1 Å². The summed E-state index contributed by atoms with van der Waals surface area (Å²) in [5.74, 6) is -1.36. The standard InChI is InChI=1S/C9H5F3N2O2.H2O/c10-9(11,12)5-2-1-3-14-4-6(8(15)16)13-7(5)14;/h1-4H,(H,15,16);1H2. The lowest BCUT2D eigenvalue weighted by molar-refractivity contribution is -0.136. The van der Waals surface area contributed by atoms with Gasteiger partial charge in [-0.2, -0.15) is 13.2 Å². The second-order valence-electron chi connectivity index (χ2n) is 3.08. The summed E-state index contributed by atoms with van der Waals surface area (Å²) in [6.45, 7) is 0. The molecule has 0 aromatic carbocycles. The van der Waals surface area contributed by atoms with Gasteiger partial charge in [0.25, 0.3) is 0 Å². The van der Waals surface area contributed by atoms with Crippen molar-refractivity contribution in [1.82, 2.24) is 9.38 Å². The van der Waals surface area contributed by atoms with Gasteiger partial charge in [-0.1, -0.05) is 0 Å². The molecule has 5 nitrogen and oxygen atoms in total. The summed E-state index contributed by atoms with van der Waals surface area (Å²) in [4.78, 5) is 14.0. The molecule has 0 aliphatic heterocycles. The normalized spacial score (nSPS) is 11.2. The third kappa shape index (κ3) is 2.21. The number of fused-ring (bicyclic) bond motifs is 1. The molecule has 3 N–H and O–H groups in total. The van der Waals surface area contributed by atoms with Crippen LogP contribution in [-0.4, -0.2) is 25.9 Å². The highest BCUT2D eigenvalue weighted by Crippen LogP contribution is 2.31. The van der Waals surface area contributed by atoms with Crippen molar-refractivity contribution in [3.8, 4) is 0 Å². The number of halogens is 3. The Bertz CT molecular complexity index is 562. The number of carboxylic acids is 1. The van der Waals surface area contributed by atoms with E-state index in [1.807, 2.05) is 0 Å². The molecule has 0 bridgehead atoms. The van der Waals surface area contributed by atoms with Crippen molar-refractivity contribution >= 4 is 11.6 Å². The highest BCUT2D eigenvalue weighted by atomic mass is 19.4. The van der Waals surface area contributed by atoms with Crippen LogP contribution in [-0.2, 0) is 6.18 Å². The van der Waals surface area contributed by atoms with E-state index in [2.05, 4.69) is 4.98 Å². The number of carbonyl (C=O) groups is 1. The summed E-state index contributed by atoms with van der Waals surface area (Å²) in [5, 5.41) is 8.62. The molecule has 0 spiro atoms. The number of hydrogen-bond acceptors (Lipinski definition) is 2. The van der Waals surface area contributed by atoms with Crippen LogP contribution in [0.4, 0.5) is 13.2 Å². The number of alkyl halides is 3. The molecule has 0 amide bonds. The minimum atomic E-state index is -4.55. The molecule has 8 heteroatoms. The van der Waals surface area contributed by atoms with Gasteiger partial charge in [-0.25, -0.2) is 9.78 Å². The third-order valence-corrected chi connectivity index (χ3v) is 2.01. The van der Waals surface area contributed by atoms with Gasteiger partial charge in [0.15, 0.2) is 5.69 Å². The lowest BCUT2D eigenvalue weighted by Crippen LogP contribution is -2.07. The number of aromatic carboxylic acids is 1. The van der Waals surface area contributed by atoms with E-state index < -0.39 is 29.1 Å². The van der Waals surface area contributed by atoms with Crippen LogP contribution in [0, 0.1) is 0 Å². The van der Waals surface area contributed by atoms with E-state index in [0.717, 1.165) is 16.7 Å². The lowest BCUT2D eigenvalue weighted by Gasteiger charge is -2.06. The molecule has 2 heterocycles. The summed E-state index contributed by atoms with van der Waals surface area (Å²) in [5.41, 5.74) is -1.79. The summed E-state index contributed by atoms with van der Waals surface area (Å²) < 4.78 is 38.6. The van der Waals surface area contributed by atoms with E-state index in [4.69, 9.17) is 5.11 Å². The summed E-state index contributed by atoms with van der Waals surface area (Å²) in [6, 6.07) is 2.04. The van der Waals surface area contributed by atoms with Gasteiger partial charge in [0.05, 0.1) is 5.56 Å². The number of aromatic nitrogens is 2. The Morgan fingerprint density at radius 1 is 1.41 bits per heavy atom. The van der Waals surface area contributed by atoms with E-state index in [1.54, 1.807) is 0 Å². The van der Waals surface area contributed by atoms with Crippen LogP contribution in [0.2, 0.25) is 0 Å². The van der Waals surface area contributed by atoms with E-state index >= 15 is 0 Å². The Balaban J connectivity index is 0.00000144. The molecule has 0 saturated carbocycles. The van der Waals surface area contributed by atoms with Crippen LogP contribution in [0.15, 0.2) is 24.5 Å². The van der Waals surface area contributed by atoms with Crippen LogP contribution < -0.4 is 0 Å². The number of carboxylic acid groups (broad SMARTS) is 1. The first kappa shape index (κ1) is 13.0. The molecule has 0 fully saturated rings. The minimum absolute atomic E-state index is 0. The average Bonchev–Trinajstić information content (AvgIpc) is 2.58. The van der Waals surface area contributed by atoms with Crippen molar-refractivity contribution in [3.05, 3.63) is 35.8 Å². The molecule has 0 radical (unpaired) electrons. The minimum Gasteiger partial charge on any atom is -0.476 e. The van der Waals surface area contributed by atoms with Crippen molar-refractivity contribution in [2.75, 3.05) is 0 Å². The Morgan fingerprint density at radius 3 is 2.59 bits per heavy atom. The van der Waals surface area contributed by atoms with Gasteiger partial charge in [0.1, 0.15) is 5.65 Å². The molecule has 0 unspecified atom stereocenters. The number of pyridine rings is 1. The predicted octanol–water partition coefficient (Wildman–Crippen LogP) is 1.23. The molecule has 0 atom stereocenters. The average molecular weight is 248 g/mol. The first-order chi connectivity index (χ1) is 7.39. The molecule has 0 aliphatic carbocycles. The van der Waals surface area contributed by atoms with Crippen LogP contribution in [0.3, 0.4) is 0 Å². The summed E-state index contributed by atoms with van der Waals surface area (Å²) in [7, 11) is 0. The number of hydrogen-bond donors (Lipinski definition) is 1. The second-order valence-corrected chi connectivity index (χ2v) is 3.08. The van der Waals surface area contributed by atoms with Crippen molar-refractivity contribution < 1.29 is 28.5 Å². The Hall–Kier alpha value is -2.09. The maximum atomic E-state index is 12.5. The van der Waals surface area contributed by atoms with Crippen LogP contribution in [0.5, 0.6) is 0 Å². The maximum absolute atomic E-state index is 12.5. The Morgan fingerprint density at radius 2 is 2.06 bits per heavy atom. The van der Waals surface area contributed by atoms with Crippen molar-refractivity contribution in [2.24, 2.45) is 0 Å². The van der Waals surface area contributed by atoms with E-state index in [-0.39, 0.29) is 5.48 Å². The third-order valence-electron chi connectivity index (χ3n) is 2.01. The first-order valence-electron chi connectivity index (χ1n) is 4.18. The zero-order valence-corrected chi connectivity index (χ0v) is 8.19. The lowest BCUT2D eigenvalue weighted by atomic mass is 10.2. The fraction of sp³-hybridized carbons (Fsp3) is 0.111. The smallest absolute Gasteiger partial charge is 0.419 e. The summed E-state index contributed by atoms with van der Waals surface area (Å²) in [6.07, 6.45) is -2.21. The fourth-order valence-corrected chi connectivity index (χ4v) is 1.34. The van der Waals surface area contributed by atoms with Crippen molar-refractivity contribution in [1.29, 1.82) is 0 Å². The van der Waals surface area contributed by atoms with Gasteiger partial charge in [0.2, 0.25) is 0 Å². The first-order valence-corrected chi connectivity index (χ1v) is 4.18. The van der Waals surface area contributed by atoms with Gasteiger partial charge >= 0.3 is 12.1 Å². The Labute approximate surface area is 92.4 Å². The molecule has 0 aliphatic rings. The van der Waals surface area contributed by atoms with Gasteiger partial charge < -0.3 is 15.0 Å². The van der Waals surface area contributed by atoms with E-state index in [0.29, 0.717) is 0 Å². The van der Waals surface area contributed by atoms with E-state index in [1.165, 1.54) is 12.3 Å². The fourth-order valence-electron chi connectivity index (χ4n) is 1.34. The molecule has 2 aromatic rings. The largest absolute Gasteiger partial charge is 0.476 e. The van der Waals surface area contributed by atoms with Gasteiger partial charge in [-0.3, -0.25) is 0 Å². The molecular weight excluding hydrogens is 241 g/mol. The van der Waals surface area contributed by atoms with Crippen molar-refractivity contribution in [2.45, 2.75) is 6.18 Å². The number of rotatable bonds is 1. The topological polar surface area (TPSA) is 86.1 Å². The number of imidazole rings is 1. The zero-order chi connectivity index (χ0) is 11.9. The summed E-state index contributed by atoms with van der Waals surface area (Å²) >= 11 is 0. The van der Waals surface area contributed by atoms with E-state index in [9.17, 15) is 18.0 Å². The molecule has 92 valence electrons. The molecular formula is C9H7F3N2O3. The highest BCUT2D eigenvalue weighted by Gasteiger charge is 2.34. The quantitative estimate of drug-likeness (QED) is 0.823. The SMILES string of the molecule is O.O=C(O)c1cn2cccc(C(F)(F)F)c2n1. The number of nitrogens with zero attached hydrogens (tertiary/aromatic N) is 2. The second kappa shape index (κ2) is 4.06. The maximum Gasteiger partial charge on any atom is 0.419 e. The molecule has 2 rings (SSSR count). The zero-order valence-electron chi connectivity index (χ0n) is 8.19. The van der Waals surface area contributed by atoms with Gasteiger partial charge in [-0.15, -0.1) is 0 Å². The predicted molar refractivity (Wildman–Crippen MR) is 50.8 cm³/mol. The van der Waals surface area contributed by atoms with Crippen molar-refractivity contribution in [3.63, 3.8) is 0 Å². The van der Waals surface area contributed by atoms with Crippen LogP contribution >= 0.6 is 0 Å². The van der Waals surface area contributed by atoms with Gasteiger partial charge in [0, 0.05) is 12.4 Å². The molecule has 17 heavy (non-hydrogen) atoms. The molecule has 2 aromatic heterocycles. The van der Waals surface area contributed by atoms with Crippen LogP contribution in [0.25, 0.3) is 5.65 Å². The Kier molecular flexibility index (Phi) is 3.10.